The summed E-state index contributed by atoms with van der Waals surface area (Å²) >= 11 is 0. The number of rotatable bonds is 10. The molecule has 5 aromatic rings. The van der Waals surface area contributed by atoms with E-state index in [-0.39, 0.29) is 17.8 Å². The lowest BCUT2D eigenvalue weighted by atomic mass is 10.0. The monoisotopic (exact) mass is 595 g/mol. The third kappa shape index (κ3) is 6.01. The third-order valence-electron chi connectivity index (χ3n) is 7.74. The Labute approximate surface area is 255 Å². The minimum absolute atomic E-state index is 0.239. The molecule has 0 unspecified atom stereocenters. The first-order valence-corrected chi connectivity index (χ1v) is 14.5. The van der Waals surface area contributed by atoms with Crippen LogP contribution in [0.2, 0.25) is 0 Å². The van der Waals surface area contributed by atoms with E-state index in [4.69, 9.17) is 23.9 Å². The van der Waals surface area contributed by atoms with Crippen molar-refractivity contribution in [1.29, 1.82) is 0 Å². The number of hydrogen-bond donors (Lipinski definition) is 0. The Kier molecular flexibility index (Phi) is 8.05. The minimum atomic E-state index is -0.431. The van der Waals surface area contributed by atoms with Crippen molar-refractivity contribution < 1.29 is 28.1 Å². The van der Waals surface area contributed by atoms with E-state index in [1.54, 1.807) is 37.4 Å². The number of hydrogen-bond acceptors (Lipinski definition) is 7. The molecule has 1 aliphatic heterocycles. The summed E-state index contributed by atoms with van der Waals surface area (Å²) in [6.45, 7) is 5.40. The second-order valence-corrected chi connectivity index (χ2v) is 11.4. The van der Waals surface area contributed by atoms with E-state index in [9.17, 15) is 4.79 Å². The quantitative estimate of drug-likeness (QED) is 0.169. The predicted molar refractivity (Wildman–Crippen MR) is 165 cm³/mol. The van der Waals surface area contributed by atoms with Gasteiger partial charge in [0.15, 0.2) is 0 Å². The summed E-state index contributed by atoms with van der Waals surface area (Å²) in [5, 5.41) is 0. The van der Waals surface area contributed by atoms with Gasteiger partial charge < -0.3 is 23.5 Å². The molecule has 0 amide bonds. The van der Waals surface area contributed by atoms with Gasteiger partial charge in [-0.3, -0.25) is 0 Å². The van der Waals surface area contributed by atoms with Gasteiger partial charge in [-0.15, -0.1) is 0 Å². The second-order valence-electron chi connectivity index (χ2n) is 11.4. The zero-order valence-corrected chi connectivity index (χ0v) is 25.2. The molecular formula is C35H34FN3O5. The molecule has 1 aliphatic rings. The van der Waals surface area contributed by atoms with Crippen LogP contribution in [0.3, 0.4) is 0 Å². The van der Waals surface area contributed by atoms with Crippen molar-refractivity contribution in [2.75, 3.05) is 20.8 Å². The molecule has 0 bridgehead atoms. The molecular weight excluding hydrogens is 561 g/mol. The number of para-hydroxylation sites is 1. The third-order valence-corrected chi connectivity index (χ3v) is 7.74. The molecule has 44 heavy (non-hydrogen) atoms. The van der Waals surface area contributed by atoms with Crippen molar-refractivity contribution in [3.05, 3.63) is 107 Å². The Morgan fingerprint density at radius 1 is 1.00 bits per heavy atom. The maximum absolute atomic E-state index is 15.5. The van der Waals surface area contributed by atoms with Crippen molar-refractivity contribution in [2.45, 2.75) is 45.4 Å². The smallest absolute Gasteiger partial charge is 0.337 e. The summed E-state index contributed by atoms with van der Waals surface area (Å²) in [7, 11) is 2.96. The number of carbonyl (C=O) groups is 1. The maximum Gasteiger partial charge on any atom is 0.337 e. The highest BCUT2D eigenvalue weighted by atomic mass is 19.1. The van der Waals surface area contributed by atoms with Gasteiger partial charge in [-0.25, -0.2) is 19.2 Å². The van der Waals surface area contributed by atoms with Crippen LogP contribution >= 0.6 is 0 Å². The SMILES string of the molecule is COCCn1c(Cc2ccc(-c3cccc(OCc4cccc5c4OC(C)(C)C5)n3)cc2F)nc2ccc(C(=O)OC)cc21. The number of halogens is 1. The van der Waals surface area contributed by atoms with E-state index in [1.807, 2.05) is 34.9 Å². The standard InChI is InChI=1S/C35H34FN3O5/c1-35(2)20-25-7-5-8-26(33(25)44-35)21-43-32-10-6-9-28(38-32)23-12-11-22(27(36)17-23)19-31-37-29-14-13-24(34(40)42-4)18-30(29)39(31)15-16-41-3/h5-14,17-18H,15-16,19-21H2,1-4H3. The normalized spacial score (nSPS) is 13.5. The van der Waals surface area contributed by atoms with Crippen LogP contribution in [-0.2, 0) is 35.5 Å². The molecule has 0 fully saturated rings. The van der Waals surface area contributed by atoms with Crippen LogP contribution in [0.15, 0.2) is 72.8 Å². The van der Waals surface area contributed by atoms with E-state index in [0.29, 0.717) is 59.4 Å². The number of carbonyl (C=O) groups excluding carboxylic acids is 1. The van der Waals surface area contributed by atoms with Crippen molar-refractivity contribution in [3.8, 4) is 22.9 Å². The fraction of sp³-hybridized carbons (Fsp3) is 0.286. The van der Waals surface area contributed by atoms with Crippen molar-refractivity contribution in [1.82, 2.24) is 14.5 Å². The van der Waals surface area contributed by atoms with Gasteiger partial charge in [-0.1, -0.05) is 36.4 Å². The van der Waals surface area contributed by atoms with Gasteiger partial charge in [0.2, 0.25) is 5.88 Å². The first-order valence-electron chi connectivity index (χ1n) is 14.5. The molecule has 8 nitrogen and oxygen atoms in total. The number of methoxy groups -OCH3 is 2. The number of pyridine rings is 1. The molecule has 3 heterocycles. The Morgan fingerprint density at radius 3 is 2.64 bits per heavy atom. The van der Waals surface area contributed by atoms with Gasteiger partial charge in [0.05, 0.1) is 36.0 Å². The Morgan fingerprint density at radius 2 is 1.84 bits per heavy atom. The van der Waals surface area contributed by atoms with Crippen molar-refractivity contribution in [2.24, 2.45) is 0 Å². The van der Waals surface area contributed by atoms with E-state index in [2.05, 4.69) is 24.9 Å². The Balaban J connectivity index is 1.21. The minimum Gasteiger partial charge on any atom is -0.487 e. The number of esters is 1. The van der Waals surface area contributed by atoms with E-state index in [1.165, 1.54) is 18.7 Å². The van der Waals surface area contributed by atoms with Gasteiger partial charge in [-0.2, -0.15) is 0 Å². The van der Waals surface area contributed by atoms with Gasteiger partial charge in [0.25, 0.3) is 0 Å². The highest BCUT2D eigenvalue weighted by Crippen LogP contribution is 2.38. The number of aromatic nitrogens is 3. The number of ether oxygens (including phenoxy) is 4. The van der Waals surface area contributed by atoms with Crippen LogP contribution in [0.5, 0.6) is 11.6 Å². The molecule has 0 radical (unpaired) electrons. The summed E-state index contributed by atoms with van der Waals surface area (Å²) in [4.78, 5) is 21.5. The topological polar surface area (TPSA) is 84.7 Å². The van der Waals surface area contributed by atoms with E-state index in [0.717, 1.165) is 23.3 Å². The average molecular weight is 596 g/mol. The van der Waals surface area contributed by atoms with Gasteiger partial charge in [0, 0.05) is 43.7 Å². The second kappa shape index (κ2) is 12.1. The van der Waals surface area contributed by atoms with Crippen LogP contribution in [0.4, 0.5) is 4.39 Å². The fourth-order valence-electron chi connectivity index (χ4n) is 5.61. The molecule has 0 atom stereocenters. The molecule has 2 aromatic heterocycles. The Bertz CT molecular complexity index is 1850. The molecule has 0 N–H and O–H groups in total. The lowest BCUT2D eigenvalue weighted by Crippen LogP contribution is -2.25. The lowest BCUT2D eigenvalue weighted by Gasteiger charge is -2.18. The first-order chi connectivity index (χ1) is 21.2. The molecule has 9 heteroatoms. The van der Waals surface area contributed by atoms with Crippen LogP contribution < -0.4 is 9.47 Å². The van der Waals surface area contributed by atoms with Crippen LogP contribution in [0, 0.1) is 5.82 Å². The number of fused-ring (bicyclic) bond motifs is 2. The van der Waals surface area contributed by atoms with Crippen LogP contribution in [-0.4, -0.2) is 46.9 Å². The highest BCUT2D eigenvalue weighted by molar-refractivity contribution is 5.93. The number of nitrogens with zero attached hydrogens (tertiary/aromatic N) is 3. The fourth-order valence-corrected chi connectivity index (χ4v) is 5.61. The largest absolute Gasteiger partial charge is 0.487 e. The van der Waals surface area contributed by atoms with Crippen molar-refractivity contribution >= 4 is 17.0 Å². The molecule has 0 aliphatic carbocycles. The zero-order valence-electron chi connectivity index (χ0n) is 25.2. The number of imidazole rings is 1. The predicted octanol–water partition coefficient (Wildman–Crippen LogP) is 6.55. The molecule has 6 rings (SSSR count). The summed E-state index contributed by atoms with van der Waals surface area (Å²) in [5.41, 5.74) is 5.52. The molecule has 0 spiro atoms. The van der Waals surface area contributed by atoms with Gasteiger partial charge in [-0.05, 0) is 55.3 Å². The molecule has 226 valence electrons. The lowest BCUT2D eigenvalue weighted by molar-refractivity contribution is 0.0601. The summed E-state index contributed by atoms with van der Waals surface area (Å²) < 4.78 is 39.9. The van der Waals surface area contributed by atoms with E-state index >= 15 is 4.39 Å². The summed E-state index contributed by atoms with van der Waals surface area (Å²) in [6.07, 6.45) is 1.11. The average Bonchev–Trinajstić information content (AvgIpc) is 3.54. The maximum atomic E-state index is 15.5. The summed E-state index contributed by atoms with van der Waals surface area (Å²) in [6, 6.07) is 21.8. The first kappa shape index (κ1) is 29.3. The Hall–Kier alpha value is -4.76. The molecule has 0 saturated carbocycles. The molecule has 3 aromatic carbocycles. The van der Waals surface area contributed by atoms with Crippen LogP contribution in [0.25, 0.3) is 22.3 Å². The van der Waals surface area contributed by atoms with E-state index < -0.39 is 5.97 Å². The molecule has 0 saturated heterocycles. The van der Waals surface area contributed by atoms with Crippen LogP contribution in [0.1, 0.15) is 46.7 Å². The van der Waals surface area contributed by atoms with Gasteiger partial charge >= 0.3 is 5.97 Å². The summed E-state index contributed by atoms with van der Waals surface area (Å²) in [5.74, 6) is 1.19. The highest BCUT2D eigenvalue weighted by Gasteiger charge is 2.31. The zero-order chi connectivity index (χ0) is 30.8. The van der Waals surface area contributed by atoms with Gasteiger partial charge in [0.1, 0.15) is 29.6 Å². The number of benzene rings is 3. The van der Waals surface area contributed by atoms with Crippen molar-refractivity contribution in [3.63, 3.8) is 0 Å².